The molecule has 24 heavy (non-hydrogen) atoms. The highest BCUT2D eigenvalue weighted by Gasteiger charge is 2.22. The minimum atomic E-state index is -3.55. The number of halogens is 1. The molecule has 138 valence electrons. The number of carbonyl (C=O) groups excluding carboxylic acids is 1. The van der Waals surface area contributed by atoms with Gasteiger partial charge in [-0.15, -0.1) is 12.4 Å². The van der Waals surface area contributed by atoms with E-state index in [0.29, 0.717) is 31.7 Å². The molecule has 8 heteroatoms. The van der Waals surface area contributed by atoms with Crippen LogP contribution in [0.25, 0.3) is 0 Å². The van der Waals surface area contributed by atoms with Crippen LogP contribution in [0, 0.1) is 0 Å². The van der Waals surface area contributed by atoms with Gasteiger partial charge in [0.25, 0.3) is 5.91 Å². The molecule has 0 aromatic heterocycles. The number of carbonyl (C=O) groups is 1. The Morgan fingerprint density at radius 1 is 1.08 bits per heavy atom. The van der Waals surface area contributed by atoms with E-state index in [1.165, 1.54) is 16.4 Å². The van der Waals surface area contributed by atoms with Crippen molar-refractivity contribution in [2.24, 2.45) is 0 Å². The van der Waals surface area contributed by atoms with Crippen molar-refractivity contribution in [1.29, 1.82) is 0 Å². The third-order valence-electron chi connectivity index (χ3n) is 3.45. The van der Waals surface area contributed by atoms with Gasteiger partial charge in [-0.05, 0) is 31.2 Å². The summed E-state index contributed by atoms with van der Waals surface area (Å²) in [6.45, 7) is 8.57. The topological polar surface area (TPSA) is 78.5 Å². The first-order valence-corrected chi connectivity index (χ1v) is 9.50. The van der Waals surface area contributed by atoms with E-state index in [9.17, 15) is 13.2 Å². The quantitative estimate of drug-likeness (QED) is 0.610. The first-order chi connectivity index (χ1) is 11.0. The Morgan fingerprint density at radius 2 is 1.75 bits per heavy atom. The standard InChI is InChI=1S/C16H27N3O3S.ClH/c1-4-10-17-11-12-18-16(20)14-8-7-9-15(13-14)23(21,22)19(5-2)6-3;/h7-9,13,17H,4-6,10-12H2,1-3H3,(H,18,20);1H. The fourth-order valence-corrected chi connectivity index (χ4v) is 3.68. The minimum Gasteiger partial charge on any atom is -0.351 e. The molecule has 0 bridgehead atoms. The molecule has 0 aliphatic rings. The van der Waals surface area contributed by atoms with Gasteiger partial charge in [-0.2, -0.15) is 4.31 Å². The summed E-state index contributed by atoms with van der Waals surface area (Å²) in [5.74, 6) is -0.264. The van der Waals surface area contributed by atoms with Gasteiger partial charge >= 0.3 is 0 Å². The zero-order valence-corrected chi connectivity index (χ0v) is 16.2. The van der Waals surface area contributed by atoms with Crippen LogP contribution in [-0.4, -0.2) is 51.4 Å². The molecule has 6 nitrogen and oxygen atoms in total. The lowest BCUT2D eigenvalue weighted by Crippen LogP contribution is -2.33. The predicted octanol–water partition coefficient (Wildman–Crippen LogP) is 1.87. The molecular weight excluding hydrogens is 350 g/mol. The average Bonchev–Trinajstić information content (AvgIpc) is 2.55. The zero-order chi connectivity index (χ0) is 17.3. The number of nitrogens with one attached hydrogen (secondary N) is 2. The van der Waals surface area contributed by atoms with Crippen molar-refractivity contribution >= 4 is 28.3 Å². The van der Waals surface area contributed by atoms with Crippen LogP contribution in [0.4, 0.5) is 0 Å². The lowest BCUT2D eigenvalue weighted by molar-refractivity contribution is 0.0953. The maximum Gasteiger partial charge on any atom is 0.251 e. The van der Waals surface area contributed by atoms with Crippen LogP contribution in [0.5, 0.6) is 0 Å². The molecule has 0 aliphatic carbocycles. The number of nitrogens with zero attached hydrogens (tertiary/aromatic N) is 1. The molecule has 0 unspecified atom stereocenters. The fraction of sp³-hybridized carbons (Fsp3) is 0.562. The van der Waals surface area contributed by atoms with Crippen LogP contribution in [-0.2, 0) is 10.0 Å². The van der Waals surface area contributed by atoms with Crippen LogP contribution < -0.4 is 10.6 Å². The summed E-state index contributed by atoms with van der Waals surface area (Å²) in [5.41, 5.74) is 0.355. The maximum atomic E-state index is 12.5. The van der Waals surface area contributed by atoms with Crippen molar-refractivity contribution in [3.63, 3.8) is 0 Å². The molecule has 0 radical (unpaired) electrons. The molecular formula is C16H28ClN3O3S. The first kappa shape index (κ1) is 22.9. The largest absolute Gasteiger partial charge is 0.351 e. The Labute approximate surface area is 151 Å². The van der Waals surface area contributed by atoms with Crippen molar-refractivity contribution in [3.05, 3.63) is 29.8 Å². The summed E-state index contributed by atoms with van der Waals surface area (Å²) in [7, 11) is -3.55. The molecule has 0 spiro atoms. The molecule has 0 aliphatic heterocycles. The second-order valence-electron chi connectivity index (χ2n) is 5.12. The van der Waals surface area contributed by atoms with Crippen molar-refractivity contribution in [2.75, 3.05) is 32.7 Å². The molecule has 2 N–H and O–H groups in total. The number of rotatable bonds is 10. The van der Waals surface area contributed by atoms with Gasteiger partial charge in [0.05, 0.1) is 4.90 Å². The Morgan fingerprint density at radius 3 is 2.33 bits per heavy atom. The van der Waals surface area contributed by atoms with Crippen molar-refractivity contribution < 1.29 is 13.2 Å². The van der Waals surface area contributed by atoms with Gasteiger partial charge in [-0.1, -0.05) is 26.8 Å². The molecule has 1 amide bonds. The van der Waals surface area contributed by atoms with Gasteiger partial charge in [-0.3, -0.25) is 4.79 Å². The summed E-state index contributed by atoms with van der Waals surface area (Å²) >= 11 is 0. The summed E-state index contributed by atoms with van der Waals surface area (Å²) in [4.78, 5) is 12.3. The van der Waals surface area contributed by atoms with E-state index >= 15 is 0 Å². The van der Waals surface area contributed by atoms with Gasteiger partial charge in [0.1, 0.15) is 0 Å². The maximum absolute atomic E-state index is 12.5. The monoisotopic (exact) mass is 377 g/mol. The Kier molecular flexibility index (Phi) is 10.9. The van der Waals surface area contributed by atoms with Gasteiger partial charge in [-0.25, -0.2) is 8.42 Å². The van der Waals surface area contributed by atoms with Crippen LogP contribution in [0.15, 0.2) is 29.2 Å². The lowest BCUT2D eigenvalue weighted by atomic mass is 10.2. The lowest BCUT2D eigenvalue weighted by Gasteiger charge is -2.18. The number of sulfonamides is 1. The number of hydrogen-bond acceptors (Lipinski definition) is 4. The van der Waals surface area contributed by atoms with E-state index in [-0.39, 0.29) is 23.2 Å². The van der Waals surface area contributed by atoms with E-state index in [1.54, 1.807) is 26.0 Å². The van der Waals surface area contributed by atoms with Crippen molar-refractivity contribution in [1.82, 2.24) is 14.9 Å². The Balaban J connectivity index is 0.00000529. The normalized spacial score (nSPS) is 11.2. The number of benzene rings is 1. The van der Waals surface area contributed by atoms with Gasteiger partial charge in [0.15, 0.2) is 0 Å². The number of amides is 1. The van der Waals surface area contributed by atoms with Gasteiger partial charge < -0.3 is 10.6 Å². The molecule has 1 rings (SSSR count). The molecule has 1 aromatic rings. The van der Waals surface area contributed by atoms with Gasteiger partial charge in [0, 0.05) is 31.7 Å². The van der Waals surface area contributed by atoms with E-state index in [4.69, 9.17) is 0 Å². The molecule has 0 saturated heterocycles. The van der Waals surface area contributed by atoms with Crippen LogP contribution in [0.1, 0.15) is 37.6 Å². The molecule has 1 aromatic carbocycles. The predicted molar refractivity (Wildman–Crippen MR) is 99.3 cm³/mol. The second kappa shape index (κ2) is 11.4. The van der Waals surface area contributed by atoms with Crippen LogP contribution >= 0.6 is 12.4 Å². The highest BCUT2D eigenvalue weighted by atomic mass is 35.5. The number of hydrogen-bond donors (Lipinski definition) is 2. The van der Waals surface area contributed by atoms with E-state index in [2.05, 4.69) is 17.6 Å². The highest BCUT2D eigenvalue weighted by molar-refractivity contribution is 7.89. The highest BCUT2D eigenvalue weighted by Crippen LogP contribution is 2.16. The molecule has 0 saturated carbocycles. The third kappa shape index (κ3) is 6.39. The van der Waals surface area contributed by atoms with Crippen LogP contribution in [0.3, 0.4) is 0 Å². The molecule has 0 atom stereocenters. The molecule has 0 heterocycles. The molecule has 0 fully saturated rings. The third-order valence-corrected chi connectivity index (χ3v) is 5.50. The summed E-state index contributed by atoms with van der Waals surface area (Å²) in [5, 5.41) is 5.97. The minimum absolute atomic E-state index is 0. The SMILES string of the molecule is CCCNCCNC(=O)c1cccc(S(=O)(=O)N(CC)CC)c1.Cl. The summed E-state index contributed by atoms with van der Waals surface area (Å²) in [6, 6.07) is 6.17. The van der Waals surface area contributed by atoms with Gasteiger partial charge in [0.2, 0.25) is 10.0 Å². The van der Waals surface area contributed by atoms with Crippen LogP contribution in [0.2, 0.25) is 0 Å². The second-order valence-corrected chi connectivity index (χ2v) is 7.06. The van der Waals surface area contributed by atoms with E-state index in [1.807, 2.05) is 0 Å². The van der Waals surface area contributed by atoms with E-state index in [0.717, 1.165) is 13.0 Å². The Bertz CT molecular complexity index is 604. The van der Waals surface area contributed by atoms with Crippen molar-refractivity contribution in [2.45, 2.75) is 32.1 Å². The zero-order valence-electron chi connectivity index (χ0n) is 14.5. The average molecular weight is 378 g/mol. The summed E-state index contributed by atoms with van der Waals surface area (Å²) in [6.07, 6.45) is 1.04. The first-order valence-electron chi connectivity index (χ1n) is 8.06. The summed E-state index contributed by atoms with van der Waals surface area (Å²) < 4.78 is 26.3. The van der Waals surface area contributed by atoms with Crippen molar-refractivity contribution in [3.8, 4) is 0 Å². The smallest absolute Gasteiger partial charge is 0.251 e. The fourth-order valence-electron chi connectivity index (χ4n) is 2.18. The Hall–Kier alpha value is -1.15. The van der Waals surface area contributed by atoms with E-state index < -0.39 is 10.0 Å².